The van der Waals surface area contributed by atoms with Crippen LogP contribution in [0.1, 0.15) is 48.5 Å². The predicted molar refractivity (Wildman–Crippen MR) is 106 cm³/mol. The van der Waals surface area contributed by atoms with E-state index in [2.05, 4.69) is 5.32 Å². The van der Waals surface area contributed by atoms with Crippen molar-refractivity contribution in [3.05, 3.63) is 63.2 Å². The average Bonchev–Trinajstić information content (AvgIpc) is 2.69. The van der Waals surface area contributed by atoms with Gasteiger partial charge < -0.3 is 9.47 Å². The van der Waals surface area contributed by atoms with Gasteiger partial charge in [-0.3, -0.25) is 14.9 Å². The summed E-state index contributed by atoms with van der Waals surface area (Å²) < 4.78 is 10.2. The molecule has 0 radical (unpaired) electrons. The molecule has 2 aromatic rings. The summed E-state index contributed by atoms with van der Waals surface area (Å²) in [6, 6.07) is 6.32. The molecule has 28 heavy (non-hydrogen) atoms. The first-order chi connectivity index (χ1) is 13.2. The van der Waals surface area contributed by atoms with Crippen LogP contribution in [0.25, 0.3) is 0 Å². The van der Waals surface area contributed by atoms with E-state index in [0.717, 1.165) is 27.8 Å². The number of imide groups is 1. The molecule has 0 heterocycles. The third kappa shape index (κ3) is 4.39. The van der Waals surface area contributed by atoms with Crippen molar-refractivity contribution < 1.29 is 23.9 Å². The standard InChI is InChI=1S/C22H25NO5/c1-12-13(2)15(4)20(16(5)14(12)3)22(26)28-11-19(24)23-21(25)17-7-9-18(27-6)10-8-17/h7-10H,11H2,1-6H3,(H,23,24,25). The summed E-state index contributed by atoms with van der Waals surface area (Å²) in [6.45, 7) is 9.10. The van der Waals surface area contributed by atoms with E-state index in [0.29, 0.717) is 16.9 Å². The van der Waals surface area contributed by atoms with Gasteiger partial charge in [-0.2, -0.15) is 0 Å². The molecule has 0 aromatic heterocycles. The molecule has 2 rings (SSSR count). The van der Waals surface area contributed by atoms with Crippen LogP contribution >= 0.6 is 0 Å². The van der Waals surface area contributed by atoms with Crippen molar-refractivity contribution in [2.75, 3.05) is 13.7 Å². The third-order valence-electron chi connectivity index (χ3n) is 5.14. The maximum Gasteiger partial charge on any atom is 0.339 e. The van der Waals surface area contributed by atoms with Gasteiger partial charge >= 0.3 is 5.97 Å². The molecule has 0 spiro atoms. The number of hydrogen-bond donors (Lipinski definition) is 1. The number of carbonyl (C=O) groups is 3. The second kappa shape index (κ2) is 8.69. The normalized spacial score (nSPS) is 10.4. The van der Waals surface area contributed by atoms with Gasteiger partial charge in [0.25, 0.3) is 11.8 Å². The van der Waals surface area contributed by atoms with Crippen molar-refractivity contribution >= 4 is 17.8 Å². The van der Waals surface area contributed by atoms with Crippen LogP contribution in [0, 0.1) is 34.6 Å². The van der Waals surface area contributed by atoms with E-state index < -0.39 is 24.4 Å². The maximum absolute atomic E-state index is 12.5. The monoisotopic (exact) mass is 383 g/mol. The Bertz CT molecular complexity index is 900. The van der Waals surface area contributed by atoms with E-state index in [1.54, 1.807) is 12.1 Å². The quantitative estimate of drug-likeness (QED) is 0.801. The number of ether oxygens (including phenoxy) is 2. The van der Waals surface area contributed by atoms with Crippen molar-refractivity contribution in [2.45, 2.75) is 34.6 Å². The number of carbonyl (C=O) groups excluding carboxylic acids is 3. The Hall–Kier alpha value is -3.15. The molecule has 0 fully saturated rings. The Kier molecular flexibility index (Phi) is 6.57. The summed E-state index contributed by atoms with van der Waals surface area (Å²) in [4.78, 5) is 36.6. The lowest BCUT2D eigenvalue weighted by atomic mass is 9.90. The van der Waals surface area contributed by atoms with E-state index in [1.807, 2.05) is 34.6 Å². The number of methoxy groups -OCH3 is 1. The van der Waals surface area contributed by atoms with Gasteiger partial charge in [0.2, 0.25) is 0 Å². The first-order valence-corrected chi connectivity index (χ1v) is 8.89. The minimum absolute atomic E-state index is 0.303. The van der Waals surface area contributed by atoms with Crippen molar-refractivity contribution in [3.8, 4) is 5.75 Å². The van der Waals surface area contributed by atoms with E-state index in [9.17, 15) is 14.4 Å². The van der Waals surface area contributed by atoms with Crippen LogP contribution in [-0.2, 0) is 9.53 Å². The second-order valence-electron chi connectivity index (χ2n) is 6.68. The molecule has 0 saturated heterocycles. The molecule has 0 atom stereocenters. The SMILES string of the molecule is COc1ccc(C(=O)NC(=O)COC(=O)c2c(C)c(C)c(C)c(C)c2C)cc1. The number of hydrogen-bond acceptors (Lipinski definition) is 5. The predicted octanol–water partition coefficient (Wildman–Crippen LogP) is 3.35. The molecule has 2 amide bonds. The minimum Gasteiger partial charge on any atom is -0.497 e. The van der Waals surface area contributed by atoms with E-state index in [4.69, 9.17) is 9.47 Å². The zero-order valence-corrected chi connectivity index (χ0v) is 17.1. The zero-order valence-electron chi connectivity index (χ0n) is 17.1. The molecule has 0 bridgehead atoms. The second-order valence-corrected chi connectivity index (χ2v) is 6.68. The number of amides is 2. The van der Waals surface area contributed by atoms with Gasteiger partial charge in [-0.05, 0) is 86.7 Å². The number of nitrogens with one attached hydrogen (secondary N) is 1. The molecule has 1 N–H and O–H groups in total. The van der Waals surface area contributed by atoms with E-state index in [1.165, 1.54) is 19.2 Å². The molecule has 0 saturated carbocycles. The van der Waals surface area contributed by atoms with Crippen molar-refractivity contribution in [2.24, 2.45) is 0 Å². The molecule has 0 aliphatic heterocycles. The summed E-state index contributed by atoms with van der Waals surface area (Å²) in [5.41, 5.74) is 5.62. The van der Waals surface area contributed by atoms with Crippen LogP contribution in [0.2, 0.25) is 0 Å². The number of esters is 1. The molecule has 0 aliphatic carbocycles. The van der Waals surface area contributed by atoms with E-state index >= 15 is 0 Å². The van der Waals surface area contributed by atoms with Gasteiger partial charge in [0, 0.05) is 5.56 Å². The van der Waals surface area contributed by atoms with Crippen LogP contribution < -0.4 is 10.1 Å². The van der Waals surface area contributed by atoms with E-state index in [-0.39, 0.29) is 0 Å². The largest absolute Gasteiger partial charge is 0.497 e. The van der Waals surface area contributed by atoms with Gasteiger partial charge in [0.15, 0.2) is 6.61 Å². The van der Waals surface area contributed by atoms with Gasteiger partial charge in [0.05, 0.1) is 12.7 Å². The van der Waals surface area contributed by atoms with Crippen LogP contribution in [0.15, 0.2) is 24.3 Å². The van der Waals surface area contributed by atoms with Gasteiger partial charge in [0.1, 0.15) is 5.75 Å². The van der Waals surface area contributed by atoms with Crippen molar-refractivity contribution in [1.29, 1.82) is 0 Å². The molecular formula is C22H25NO5. The smallest absolute Gasteiger partial charge is 0.339 e. The highest BCUT2D eigenvalue weighted by atomic mass is 16.5. The summed E-state index contributed by atoms with van der Waals surface area (Å²) in [5.74, 6) is -1.23. The Balaban J connectivity index is 2.03. The highest BCUT2D eigenvalue weighted by Gasteiger charge is 2.20. The number of rotatable bonds is 5. The van der Waals surface area contributed by atoms with Crippen LogP contribution in [0.3, 0.4) is 0 Å². The highest BCUT2D eigenvalue weighted by molar-refractivity contribution is 6.05. The highest BCUT2D eigenvalue weighted by Crippen LogP contribution is 2.26. The molecule has 0 unspecified atom stereocenters. The number of benzene rings is 2. The molecular weight excluding hydrogens is 358 g/mol. The van der Waals surface area contributed by atoms with Crippen molar-refractivity contribution in [1.82, 2.24) is 5.32 Å². The summed E-state index contributed by atoms with van der Waals surface area (Å²) in [6.07, 6.45) is 0. The van der Waals surface area contributed by atoms with Crippen LogP contribution in [0.4, 0.5) is 0 Å². The zero-order chi connectivity index (χ0) is 21.0. The molecule has 148 valence electrons. The third-order valence-corrected chi connectivity index (χ3v) is 5.14. The van der Waals surface area contributed by atoms with Gasteiger partial charge in [-0.25, -0.2) is 4.79 Å². The summed E-state index contributed by atoms with van der Waals surface area (Å²) >= 11 is 0. The fraction of sp³-hybridized carbons (Fsp3) is 0.318. The topological polar surface area (TPSA) is 81.7 Å². The molecule has 6 nitrogen and oxygen atoms in total. The lowest BCUT2D eigenvalue weighted by Crippen LogP contribution is -2.34. The Labute approximate surface area is 164 Å². The molecule has 2 aromatic carbocycles. The average molecular weight is 383 g/mol. The lowest BCUT2D eigenvalue weighted by Gasteiger charge is -2.17. The van der Waals surface area contributed by atoms with Crippen LogP contribution in [-0.4, -0.2) is 31.5 Å². The molecule has 6 heteroatoms. The Morgan fingerprint density at radius 3 is 1.82 bits per heavy atom. The summed E-state index contributed by atoms with van der Waals surface area (Å²) in [5, 5.41) is 2.21. The Morgan fingerprint density at radius 1 is 0.821 bits per heavy atom. The fourth-order valence-corrected chi connectivity index (χ4v) is 2.99. The first-order valence-electron chi connectivity index (χ1n) is 8.89. The van der Waals surface area contributed by atoms with Crippen LogP contribution in [0.5, 0.6) is 5.75 Å². The summed E-state index contributed by atoms with van der Waals surface area (Å²) in [7, 11) is 1.52. The van der Waals surface area contributed by atoms with Gasteiger partial charge in [-0.15, -0.1) is 0 Å². The Morgan fingerprint density at radius 2 is 1.32 bits per heavy atom. The minimum atomic E-state index is -0.690. The lowest BCUT2D eigenvalue weighted by molar-refractivity contribution is -0.123. The van der Waals surface area contributed by atoms with Crippen molar-refractivity contribution in [3.63, 3.8) is 0 Å². The van der Waals surface area contributed by atoms with Gasteiger partial charge in [-0.1, -0.05) is 0 Å². The maximum atomic E-state index is 12.5. The first kappa shape index (κ1) is 21.2. The fourth-order valence-electron chi connectivity index (χ4n) is 2.99. The molecule has 0 aliphatic rings.